The van der Waals surface area contributed by atoms with Gasteiger partial charge in [0.05, 0.1) is 15.9 Å². The number of ether oxygens (including phenoxy) is 2. The van der Waals surface area contributed by atoms with E-state index < -0.39 is 40.9 Å². The lowest BCUT2D eigenvalue weighted by Crippen LogP contribution is -2.81. The Morgan fingerprint density at radius 2 is 2.03 bits per heavy atom. The maximum absolute atomic E-state index is 13.3. The molecule has 1 saturated heterocycles. The summed E-state index contributed by atoms with van der Waals surface area (Å²) in [6, 6.07) is 5.29. The Morgan fingerprint density at radius 1 is 1.31 bits per heavy atom. The van der Waals surface area contributed by atoms with Gasteiger partial charge in [-0.3, -0.25) is 24.1 Å². The first-order chi connectivity index (χ1) is 17.0. The molecule has 190 valence electrons. The average molecular weight is 536 g/mol. The van der Waals surface area contributed by atoms with Crippen LogP contribution in [0.2, 0.25) is 5.02 Å². The minimum absolute atomic E-state index is 0.142. The molecule has 11 nitrogen and oxygen atoms in total. The lowest BCUT2D eigenvalue weighted by atomic mass is 9.97. The van der Waals surface area contributed by atoms with Gasteiger partial charge in [-0.25, -0.2) is 4.79 Å². The summed E-state index contributed by atoms with van der Waals surface area (Å²) in [5, 5.41) is 12.0. The number of hydrogen-bond acceptors (Lipinski definition) is 8. The summed E-state index contributed by atoms with van der Waals surface area (Å²) in [6.45, 7) is 2.50. The topological polar surface area (TPSA) is 144 Å². The molecular weight excluding hydrogens is 514 g/mol. The smallest absolute Gasteiger partial charge is 0.352 e. The van der Waals surface area contributed by atoms with Crippen molar-refractivity contribution in [2.24, 2.45) is 0 Å². The molecule has 1 aromatic carbocycles. The molecule has 3 heterocycles. The number of nitrogens with zero attached hydrogens (tertiary/aromatic N) is 2. The molecule has 0 radical (unpaired) electrons. The second kappa shape index (κ2) is 9.60. The van der Waals surface area contributed by atoms with Crippen LogP contribution in [0.1, 0.15) is 19.9 Å². The van der Waals surface area contributed by atoms with E-state index in [-0.39, 0.29) is 39.5 Å². The monoisotopic (exact) mass is 535 g/mol. The molecule has 2 N–H and O–H groups in total. The van der Waals surface area contributed by atoms with E-state index in [4.69, 9.17) is 21.1 Å². The van der Waals surface area contributed by atoms with E-state index in [9.17, 15) is 29.1 Å². The number of carbonyl (C=O) groups excluding carboxylic acids is 3. The van der Waals surface area contributed by atoms with Crippen molar-refractivity contribution in [3.8, 4) is 0 Å². The highest BCUT2D eigenvalue weighted by Gasteiger charge is 2.66. The van der Waals surface area contributed by atoms with Crippen LogP contribution in [0.4, 0.5) is 0 Å². The molecule has 0 aliphatic carbocycles. The summed E-state index contributed by atoms with van der Waals surface area (Å²) in [6.07, 6.45) is 1.46. The van der Waals surface area contributed by atoms with Crippen molar-refractivity contribution in [2.75, 3.05) is 19.5 Å². The standard InChI is InChI=1S/C23H22ClN3O8S/c1-11(26-8-7-16(29)17-14(24)5-4-6-15(17)26)19(30)25-23(34-3)21(33)27-18(20(31)32)13(9-35-12(2)28)10-36-22(23)27/h4-8,11,22H,9-10H2,1-3H3,(H,25,30)(H,31,32)/t11?,22-,23+/m1/s1. The van der Waals surface area contributed by atoms with Crippen LogP contribution in [0.5, 0.6) is 0 Å². The number of aromatic nitrogens is 1. The van der Waals surface area contributed by atoms with Crippen LogP contribution in [0.3, 0.4) is 0 Å². The average Bonchev–Trinajstić information content (AvgIpc) is 2.84. The van der Waals surface area contributed by atoms with Gasteiger partial charge in [-0.2, -0.15) is 0 Å². The second-order valence-electron chi connectivity index (χ2n) is 8.20. The van der Waals surface area contributed by atoms with Crippen LogP contribution in [0.15, 0.2) is 46.5 Å². The first-order valence-corrected chi connectivity index (χ1v) is 12.2. The molecule has 36 heavy (non-hydrogen) atoms. The molecule has 2 amide bonds. The summed E-state index contributed by atoms with van der Waals surface area (Å²) in [7, 11) is 1.24. The Kier molecular flexibility index (Phi) is 6.86. The van der Waals surface area contributed by atoms with Crippen LogP contribution < -0.4 is 10.7 Å². The van der Waals surface area contributed by atoms with E-state index in [0.29, 0.717) is 5.52 Å². The number of thioether (sulfide) groups is 1. The van der Waals surface area contributed by atoms with Gasteiger partial charge in [-0.05, 0) is 19.1 Å². The highest BCUT2D eigenvalue weighted by Crippen LogP contribution is 2.46. The van der Waals surface area contributed by atoms with Crippen molar-refractivity contribution < 1.29 is 33.8 Å². The van der Waals surface area contributed by atoms with Gasteiger partial charge in [0.15, 0.2) is 5.43 Å². The highest BCUT2D eigenvalue weighted by molar-refractivity contribution is 8.00. The number of carboxylic acids is 1. The number of carbonyl (C=O) groups is 4. The molecule has 0 bridgehead atoms. The molecule has 3 atom stereocenters. The number of nitrogens with one attached hydrogen (secondary N) is 1. The Labute approximate surface area is 214 Å². The number of benzene rings is 1. The lowest BCUT2D eigenvalue weighted by molar-refractivity contribution is -0.193. The SMILES string of the molecule is CO[C@@]1(NC(=O)C(C)n2ccc(=O)c3c(Cl)cccc32)C(=O)N2C(C(=O)O)=C(COC(C)=O)CS[C@@H]21. The molecule has 1 fully saturated rings. The number of esters is 1. The summed E-state index contributed by atoms with van der Waals surface area (Å²) < 4.78 is 12.0. The third-order valence-corrected chi connectivity index (χ3v) is 7.78. The number of aliphatic carboxylic acids is 1. The number of carboxylic acid groups (broad SMARTS) is 1. The number of rotatable bonds is 7. The molecule has 2 aliphatic rings. The van der Waals surface area contributed by atoms with Crippen molar-refractivity contribution >= 4 is 58.0 Å². The van der Waals surface area contributed by atoms with E-state index in [1.165, 1.54) is 38.1 Å². The molecule has 4 rings (SSSR count). The fourth-order valence-corrected chi connectivity index (χ4v) is 5.96. The van der Waals surface area contributed by atoms with Gasteiger partial charge in [0.25, 0.3) is 11.6 Å². The third-order valence-electron chi connectivity index (χ3n) is 6.09. The maximum Gasteiger partial charge on any atom is 0.352 e. The zero-order chi connectivity index (χ0) is 26.4. The van der Waals surface area contributed by atoms with E-state index in [1.807, 2.05) is 0 Å². The van der Waals surface area contributed by atoms with Crippen LogP contribution in [0.25, 0.3) is 10.9 Å². The van der Waals surface area contributed by atoms with Crippen LogP contribution >= 0.6 is 23.4 Å². The zero-order valence-corrected chi connectivity index (χ0v) is 21.0. The first kappa shape index (κ1) is 25.7. The van der Waals surface area contributed by atoms with Gasteiger partial charge in [0, 0.05) is 37.6 Å². The number of halogens is 1. The first-order valence-electron chi connectivity index (χ1n) is 10.7. The zero-order valence-electron chi connectivity index (χ0n) is 19.4. The minimum Gasteiger partial charge on any atom is -0.477 e. The number of pyridine rings is 1. The van der Waals surface area contributed by atoms with Crippen molar-refractivity contribution in [1.82, 2.24) is 14.8 Å². The predicted octanol–water partition coefficient (Wildman–Crippen LogP) is 1.49. The molecule has 2 aliphatic heterocycles. The predicted molar refractivity (Wildman–Crippen MR) is 130 cm³/mol. The van der Waals surface area contributed by atoms with Gasteiger partial charge >= 0.3 is 11.9 Å². The van der Waals surface area contributed by atoms with E-state index in [0.717, 1.165) is 4.90 Å². The molecule has 1 unspecified atom stereocenters. The summed E-state index contributed by atoms with van der Waals surface area (Å²) in [5.41, 5.74) is -1.72. The van der Waals surface area contributed by atoms with Crippen LogP contribution in [0, 0.1) is 0 Å². The fourth-order valence-electron chi connectivity index (χ4n) is 4.28. The number of methoxy groups -OCH3 is 1. The number of amides is 2. The van der Waals surface area contributed by atoms with Gasteiger partial charge in [0.2, 0.25) is 5.91 Å². The third kappa shape index (κ3) is 4.04. The quantitative estimate of drug-likeness (QED) is 0.306. The summed E-state index contributed by atoms with van der Waals surface area (Å²) in [4.78, 5) is 63.1. The number of β-lactam (4-membered cyclic amide) rings is 1. The molecule has 0 spiro atoms. The second-order valence-corrected chi connectivity index (χ2v) is 9.68. The van der Waals surface area contributed by atoms with Crippen LogP contribution in [-0.2, 0) is 28.7 Å². The van der Waals surface area contributed by atoms with Crippen LogP contribution in [-0.4, -0.2) is 68.9 Å². The molecule has 1 aromatic heterocycles. The van der Waals surface area contributed by atoms with Gasteiger partial charge in [-0.1, -0.05) is 17.7 Å². The van der Waals surface area contributed by atoms with E-state index in [1.54, 1.807) is 29.7 Å². The molecule has 13 heteroatoms. The number of hydrogen-bond donors (Lipinski definition) is 2. The molecule has 2 aromatic rings. The minimum atomic E-state index is -1.81. The van der Waals surface area contributed by atoms with Crippen molar-refractivity contribution in [3.05, 3.63) is 57.0 Å². The largest absolute Gasteiger partial charge is 0.477 e. The summed E-state index contributed by atoms with van der Waals surface area (Å²) >= 11 is 7.37. The van der Waals surface area contributed by atoms with E-state index >= 15 is 0 Å². The normalized spacial score (nSPS) is 22.1. The Balaban J connectivity index is 1.63. The van der Waals surface area contributed by atoms with Crippen molar-refractivity contribution in [1.29, 1.82) is 0 Å². The molecular formula is C23H22ClN3O8S. The van der Waals surface area contributed by atoms with Gasteiger partial charge in [-0.15, -0.1) is 11.8 Å². The van der Waals surface area contributed by atoms with Gasteiger partial charge < -0.3 is 24.5 Å². The Hall–Kier alpha value is -3.35. The maximum atomic E-state index is 13.3. The summed E-state index contributed by atoms with van der Waals surface area (Å²) in [5.74, 6) is -3.17. The Bertz CT molecular complexity index is 1390. The highest BCUT2D eigenvalue weighted by atomic mass is 35.5. The Morgan fingerprint density at radius 3 is 2.67 bits per heavy atom. The molecule has 0 saturated carbocycles. The fraction of sp³-hybridized carbons (Fsp3) is 0.348. The number of fused-ring (bicyclic) bond motifs is 2. The van der Waals surface area contributed by atoms with E-state index in [2.05, 4.69) is 5.32 Å². The van der Waals surface area contributed by atoms with Crippen molar-refractivity contribution in [3.63, 3.8) is 0 Å². The van der Waals surface area contributed by atoms with Gasteiger partial charge in [0.1, 0.15) is 23.7 Å². The lowest BCUT2D eigenvalue weighted by Gasteiger charge is -2.55. The van der Waals surface area contributed by atoms with Crippen molar-refractivity contribution in [2.45, 2.75) is 31.0 Å².